The molecule has 0 spiro atoms. The van der Waals surface area contributed by atoms with E-state index in [1.807, 2.05) is 32.4 Å². The molecular formula is C9H17N5. The highest BCUT2D eigenvalue weighted by Gasteiger charge is 2.04. The lowest BCUT2D eigenvalue weighted by Gasteiger charge is -2.03. The van der Waals surface area contributed by atoms with Crippen molar-refractivity contribution in [2.24, 2.45) is 23.7 Å². The van der Waals surface area contributed by atoms with Crippen LogP contribution in [0.25, 0.3) is 0 Å². The highest BCUT2D eigenvalue weighted by molar-refractivity contribution is 5.82. The van der Waals surface area contributed by atoms with Crippen LogP contribution in [0, 0.1) is 12.8 Å². The number of aromatic nitrogens is 3. The van der Waals surface area contributed by atoms with Crippen molar-refractivity contribution in [2.75, 3.05) is 0 Å². The second-order valence-corrected chi connectivity index (χ2v) is 3.62. The van der Waals surface area contributed by atoms with Gasteiger partial charge in [-0.2, -0.15) is 0 Å². The average Bonchev–Trinajstić information content (AvgIpc) is 2.44. The lowest BCUT2D eigenvalue weighted by atomic mass is 10.2. The van der Waals surface area contributed by atoms with E-state index in [-0.39, 0.29) is 5.92 Å². The number of nitrogens with zero attached hydrogens (tertiary/aromatic N) is 4. The van der Waals surface area contributed by atoms with Crippen LogP contribution < -0.4 is 5.73 Å². The number of aryl methyl sites for hydroxylation is 1. The first-order chi connectivity index (χ1) is 6.52. The molecule has 0 bridgehead atoms. The average molecular weight is 195 g/mol. The molecule has 0 aliphatic heterocycles. The highest BCUT2D eigenvalue weighted by Crippen LogP contribution is 2.00. The van der Waals surface area contributed by atoms with E-state index in [2.05, 4.69) is 15.2 Å². The Balaban J connectivity index is 2.71. The van der Waals surface area contributed by atoms with Gasteiger partial charge in [0.2, 0.25) is 0 Å². The summed E-state index contributed by atoms with van der Waals surface area (Å²) in [6.45, 7) is 6.44. The van der Waals surface area contributed by atoms with Crippen LogP contribution in [0.1, 0.15) is 25.5 Å². The summed E-state index contributed by atoms with van der Waals surface area (Å²) in [5.74, 6) is 2.67. The number of rotatable bonds is 3. The molecule has 0 fully saturated rings. The normalized spacial score (nSPS) is 12.5. The van der Waals surface area contributed by atoms with Crippen molar-refractivity contribution in [1.29, 1.82) is 0 Å². The second kappa shape index (κ2) is 4.21. The van der Waals surface area contributed by atoms with Crippen molar-refractivity contribution in [3.8, 4) is 0 Å². The van der Waals surface area contributed by atoms with Crippen molar-refractivity contribution in [3.05, 3.63) is 11.6 Å². The molecule has 0 unspecified atom stereocenters. The molecule has 2 N–H and O–H groups in total. The summed E-state index contributed by atoms with van der Waals surface area (Å²) < 4.78 is 1.91. The van der Waals surface area contributed by atoms with Gasteiger partial charge in [-0.05, 0) is 6.92 Å². The Labute approximate surface area is 84.0 Å². The summed E-state index contributed by atoms with van der Waals surface area (Å²) >= 11 is 0. The van der Waals surface area contributed by atoms with Crippen molar-refractivity contribution >= 4 is 5.84 Å². The summed E-state index contributed by atoms with van der Waals surface area (Å²) in [6.07, 6.45) is 0. The minimum Gasteiger partial charge on any atom is -0.387 e. The summed E-state index contributed by atoms with van der Waals surface area (Å²) in [4.78, 5) is 4.24. The molecule has 0 aromatic carbocycles. The van der Waals surface area contributed by atoms with Crippen molar-refractivity contribution in [2.45, 2.75) is 27.3 Å². The molecule has 0 aliphatic rings. The van der Waals surface area contributed by atoms with Gasteiger partial charge in [0, 0.05) is 13.0 Å². The van der Waals surface area contributed by atoms with Crippen LogP contribution in [0.5, 0.6) is 0 Å². The molecule has 5 heteroatoms. The summed E-state index contributed by atoms with van der Waals surface area (Å²) in [6, 6.07) is 0. The first kappa shape index (κ1) is 10.7. The van der Waals surface area contributed by atoms with E-state index < -0.39 is 0 Å². The lowest BCUT2D eigenvalue weighted by Crippen LogP contribution is -2.19. The Kier molecular flexibility index (Phi) is 3.22. The molecule has 0 saturated heterocycles. The molecule has 1 heterocycles. The van der Waals surface area contributed by atoms with Gasteiger partial charge in [0.05, 0.1) is 5.84 Å². The van der Waals surface area contributed by atoms with Crippen LogP contribution in [-0.2, 0) is 13.6 Å². The van der Waals surface area contributed by atoms with Crippen molar-refractivity contribution in [1.82, 2.24) is 14.8 Å². The van der Waals surface area contributed by atoms with Crippen LogP contribution in [0.4, 0.5) is 0 Å². The number of aliphatic imine (C=N–C) groups is 1. The minimum atomic E-state index is 0.282. The van der Waals surface area contributed by atoms with E-state index >= 15 is 0 Å². The standard InChI is InChI=1S/C9H17N5/c1-6(2)9(10)11-5-8-13-12-7(3)14(8)4/h6H,5H2,1-4H3,(H2,10,11). The van der Waals surface area contributed by atoms with E-state index in [0.29, 0.717) is 12.4 Å². The molecule has 0 radical (unpaired) electrons. The van der Waals surface area contributed by atoms with E-state index in [0.717, 1.165) is 11.6 Å². The third-order valence-electron chi connectivity index (χ3n) is 2.18. The third kappa shape index (κ3) is 2.31. The molecule has 5 nitrogen and oxygen atoms in total. The first-order valence-electron chi connectivity index (χ1n) is 4.67. The number of amidine groups is 1. The smallest absolute Gasteiger partial charge is 0.154 e. The molecule has 0 saturated carbocycles. The second-order valence-electron chi connectivity index (χ2n) is 3.62. The van der Waals surface area contributed by atoms with E-state index in [4.69, 9.17) is 5.73 Å². The van der Waals surface area contributed by atoms with Crippen LogP contribution in [0.15, 0.2) is 4.99 Å². The molecule has 1 aromatic heterocycles. The fourth-order valence-corrected chi connectivity index (χ4v) is 0.933. The Morgan fingerprint density at radius 3 is 2.57 bits per heavy atom. The summed E-state index contributed by atoms with van der Waals surface area (Å²) in [5.41, 5.74) is 5.71. The van der Waals surface area contributed by atoms with E-state index in [1.165, 1.54) is 0 Å². The fourth-order valence-electron chi connectivity index (χ4n) is 0.933. The van der Waals surface area contributed by atoms with Gasteiger partial charge in [-0.15, -0.1) is 10.2 Å². The maximum absolute atomic E-state index is 5.71. The number of nitrogens with two attached hydrogens (primary N) is 1. The predicted molar refractivity (Wildman–Crippen MR) is 55.9 cm³/mol. The molecule has 0 atom stereocenters. The van der Waals surface area contributed by atoms with Crippen molar-refractivity contribution < 1.29 is 0 Å². The van der Waals surface area contributed by atoms with Crippen LogP contribution in [-0.4, -0.2) is 20.6 Å². The quantitative estimate of drug-likeness (QED) is 0.568. The van der Waals surface area contributed by atoms with Gasteiger partial charge in [0.1, 0.15) is 12.4 Å². The zero-order valence-electron chi connectivity index (χ0n) is 9.15. The zero-order chi connectivity index (χ0) is 10.7. The molecular weight excluding hydrogens is 178 g/mol. The maximum Gasteiger partial charge on any atom is 0.154 e. The van der Waals surface area contributed by atoms with Gasteiger partial charge >= 0.3 is 0 Å². The summed E-state index contributed by atoms with van der Waals surface area (Å²) in [7, 11) is 1.92. The van der Waals surface area contributed by atoms with Gasteiger partial charge in [-0.25, -0.2) is 0 Å². The summed E-state index contributed by atoms with van der Waals surface area (Å²) in [5, 5.41) is 7.94. The third-order valence-corrected chi connectivity index (χ3v) is 2.18. The molecule has 78 valence electrons. The monoisotopic (exact) mass is 195 g/mol. The minimum absolute atomic E-state index is 0.282. The largest absolute Gasteiger partial charge is 0.387 e. The Morgan fingerprint density at radius 2 is 2.14 bits per heavy atom. The molecule has 1 aromatic rings. The van der Waals surface area contributed by atoms with Gasteiger partial charge < -0.3 is 10.3 Å². The number of hydrogen-bond donors (Lipinski definition) is 1. The van der Waals surface area contributed by atoms with Crippen LogP contribution in [0.2, 0.25) is 0 Å². The molecule has 0 aliphatic carbocycles. The van der Waals surface area contributed by atoms with Gasteiger partial charge in [0.25, 0.3) is 0 Å². The Bertz CT molecular complexity index is 337. The maximum atomic E-state index is 5.71. The van der Waals surface area contributed by atoms with Gasteiger partial charge in [-0.1, -0.05) is 13.8 Å². The van der Waals surface area contributed by atoms with Gasteiger partial charge in [-0.3, -0.25) is 4.99 Å². The highest BCUT2D eigenvalue weighted by atomic mass is 15.3. The SMILES string of the molecule is Cc1nnc(CN=C(N)C(C)C)n1C. The van der Waals surface area contributed by atoms with E-state index in [9.17, 15) is 0 Å². The van der Waals surface area contributed by atoms with Gasteiger partial charge in [0.15, 0.2) is 5.82 Å². The van der Waals surface area contributed by atoms with Crippen LogP contribution >= 0.6 is 0 Å². The van der Waals surface area contributed by atoms with Crippen LogP contribution in [0.3, 0.4) is 0 Å². The first-order valence-corrected chi connectivity index (χ1v) is 4.67. The lowest BCUT2D eigenvalue weighted by molar-refractivity contribution is 0.764. The molecule has 1 rings (SSSR count). The topological polar surface area (TPSA) is 69.1 Å². The predicted octanol–water partition coefficient (Wildman–Crippen LogP) is 0.637. The number of hydrogen-bond acceptors (Lipinski definition) is 3. The zero-order valence-corrected chi connectivity index (χ0v) is 9.15. The van der Waals surface area contributed by atoms with E-state index in [1.54, 1.807) is 0 Å². The molecule has 0 amide bonds. The fraction of sp³-hybridized carbons (Fsp3) is 0.667. The Morgan fingerprint density at radius 1 is 1.50 bits per heavy atom. The molecule has 14 heavy (non-hydrogen) atoms. The van der Waals surface area contributed by atoms with Crippen molar-refractivity contribution in [3.63, 3.8) is 0 Å². The Hall–Kier alpha value is -1.39.